The van der Waals surface area contributed by atoms with Gasteiger partial charge < -0.3 is 20.1 Å². The van der Waals surface area contributed by atoms with Crippen LogP contribution in [0.3, 0.4) is 0 Å². The number of hydrogen-bond donors (Lipinski definition) is 2. The van der Waals surface area contributed by atoms with Crippen LogP contribution in [0.2, 0.25) is 0 Å². The molecule has 1 aliphatic heterocycles. The van der Waals surface area contributed by atoms with E-state index >= 15 is 4.39 Å². The number of alkyl carbamates (subject to hydrolysis) is 1. The van der Waals surface area contributed by atoms with Crippen LogP contribution in [0.15, 0.2) is 72.8 Å². The van der Waals surface area contributed by atoms with Crippen LogP contribution in [0.25, 0.3) is 11.1 Å². The summed E-state index contributed by atoms with van der Waals surface area (Å²) in [5.41, 5.74) is 2.73. The maximum absolute atomic E-state index is 15.3. The van der Waals surface area contributed by atoms with Gasteiger partial charge in [0.15, 0.2) is 5.82 Å². The molecule has 1 aliphatic rings. The zero-order valence-electron chi connectivity index (χ0n) is 22.9. The lowest BCUT2D eigenvalue weighted by Crippen LogP contribution is -2.33. The van der Waals surface area contributed by atoms with Crippen LogP contribution in [0.4, 0.5) is 19.7 Å². The molecule has 2 N–H and O–H groups in total. The molecular formula is C29H28FN7O5. The van der Waals surface area contributed by atoms with E-state index in [0.717, 1.165) is 5.56 Å². The molecule has 1 saturated heterocycles. The summed E-state index contributed by atoms with van der Waals surface area (Å²) in [6, 6.07) is 19.9. The number of aromatic nitrogens is 4. The van der Waals surface area contributed by atoms with Crippen molar-refractivity contribution in [3.8, 4) is 11.1 Å². The first-order chi connectivity index (χ1) is 20.3. The Labute approximate surface area is 240 Å². The molecular weight excluding hydrogens is 545 g/mol. The Kier molecular flexibility index (Phi) is 8.37. The summed E-state index contributed by atoms with van der Waals surface area (Å²) in [7, 11) is 1.66. The number of rotatable bonds is 9. The summed E-state index contributed by atoms with van der Waals surface area (Å²) < 4.78 is 27.4. The van der Waals surface area contributed by atoms with E-state index in [4.69, 9.17) is 9.47 Å². The molecule has 2 atom stereocenters. The topological polar surface area (TPSA) is 141 Å². The lowest BCUT2D eigenvalue weighted by atomic mass is 9.99. The number of anilines is 1. The molecule has 1 fully saturated rings. The first kappa shape index (κ1) is 28.2. The maximum Gasteiger partial charge on any atom is 0.414 e. The van der Waals surface area contributed by atoms with Gasteiger partial charge in [-0.15, -0.1) is 5.10 Å². The fraction of sp³-hybridized carbons (Fsp3) is 0.241. The molecule has 12 nitrogen and oxygen atoms in total. The van der Waals surface area contributed by atoms with Crippen molar-refractivity contribution in [3.05, 3.63) is 95.6 Å². The molecule has 0 bridgehead atoms. The van der Waals surface area contributed by atoms with Gasteiger partial charge in [0.1, 0.15) is 24.6 Å². The third-order valence-corrected chi connectivity index (χ3v) is 6.66. The van der Waals surface area contributed by atoms with Crippen LogP contribution in [-0.2, 0) is 27.9 Å². The summed E-state index contributed by atoms with van der Waals surface area (Å²) in [6.07, 6.45) is -1.80. The minimum absolute atomic E-state index is 0.0930. The van der Waals surface area contributed by atoms with E-state index < -0.39 is 30.1 Å². The number of hydrogen-bond acceptors (Lipinski definition) is 8. The molecule has 0 saturated carbocycles. The number of nitrogens with one attached hydrogen (secondary N) is 2. The van der Waals surface area contributed by atoms with Crippen molar-refractivity contribution in [3.63, 3.8) is 0 Å². The number of amides is 3. The monoisotopic (exact) mass is 573 g/mol. The molecule has 4 aromatic rings. The highest BCUT2D eigenvalue weighted by Gasteiger charge is 2.33. The number of aryl methyl sites for hydroxylation is 1. The molecule has 216 valence electrons. The van der Waals surface area contributed by atoms with E-state index in [-0.39, 0.29) is 25.6 Å². The molecule has 1 unspecified atom stereocenters. The van der Waals surface area contributed by atoms with Crippen molar-refractivity contribution >= 4 is 23.8 Å². The van der Waals surface area contributed by atoms with Gasteiger partial charge in [0.25, 0.3) is 0 Å². The molecule has 0 radical (unpaired) electrons. The van der Waals surface area contributed by atoms with Crippen molar-refractivity contribution in [2.75, 3.05) is 18.0 Å². The van der Waals surface area contributed by atoms with Crippen LogP contribution < -0.4 is 15.5 Å². The van der Waals surface area contributed by atoms with E-state index in [1.165, 1.54) is 22.6 Å². The van der Waals surface area contributed by atoms with Gasteiger partial charge >= 0.3 is 12.2 Å². The molecule has 3 amide bonds. The van der Waals surface area contributed by atoms with Crippen molar-refractivity contribution in [2.24, 2.45) is 7.05 Å². The largest absolute Gasteiger partial charge is 0.445 e. The van der Waals surface area contributed by atoms with Gasteiger partial charge in [-0.25, -0.2) is 18.7 Å². The predicted octanol–water partition coefficient (Wildman–Crippen LogP) is 3.49. The minimum atomic E-state index is -0.735. The normalized spacial score (nSPS) is 15.2. The highest BCUT2D eigenvalue weighted by molar-refractivity contribution is 5.90. The Morgan fingerprint density at radius 3 is 2.55 bits per heavy atom. The number of nitrogens with zero attached hydrogens (tertiary/aromatic N) is 5. The fourth-order valence-corrected chi connectivity index (χ4v) is 4.52. The SMILES string of the molecule is CC(=O)NC[C@H]1CN(c2ccc(-c3ccc(C(NC(=O)OCc4ccccc4)c4nnnn4C)cc3)c(F)c2)C(=O)O1. The van der Waals surface area contributed by atoms with Crippen molar-refractivity contribution in [1.82, 2.24) is 30.8 Å². The zero-order chi connectivity index (χ0) is 29.6. The van der Waals surface area contributed by atoms with Gasteiger partial charge in [0.2, 0.25) is 5.91 Å². The summed E-state index contributed by atoms with van der Waals surface area (Å²) >= 11 is 0. The Hall–Kier alpha value is -5.33. The molecule has 13 heteroatoms. The molecule has 1 aromatic heterocycles. The van der Waals surface area contributed by atoms with E-state index in [0.29, 0.717) is 28.2 Å². The number of benzene rings is 3. The second kappa shape index (κ2) is 12.5. The number of carbonyl (C=O) groups excluding carboxylic acids is 3. The van der Waals surface area contributed by atoms with Gasteiger partial charge in [-0.05, 0) is 45.3 Å². The zero-order valence-corrected chi connectivity index (χ0v) is 22.9. The predicted molar refractivity (Wildman–Crippen MR) is 149 cm³/mol. The number of ether oxygens (including phenoxy) is 2. The van der Waals surface area contributed by atoms with Crippen LogP contribution in [-0.4, -0.2) is 57.5 Å². The summed E-state index contributed by atoms with van der Waals surface area (Å²) in [5.74, 6) is -0.386. The smallest absolute Gasteiger partial charge is 0.414 e. The van der Waals surface area contributed by atoms with E-state index in [2.05, 4.69) is 26.2 Å². The van der Waals surface area contributed by atoms with Crippen LogP contribution in [0.1, 0.15) is 29.9 Å². The van der Waals surface area contributed by atoms with Gasteiger partial charge in [0, 0.05) is 19.5 Å². The van der Waals surface area contributed by atoms with Crippen LogP contribution in [0, 0.1) is 5.82 Å². The Bertz CT molecular complexity index is 1580. The van der Waals surface area contributed by atoms with Gasteiger partial charge in [-0.1, -0.05) is 54.6 Å². The summed E-state index contributed by atoms with van der Waals surface area (Å²) in [4.78, 5) is 37.5. The van der Waals surface area contributed by atoms with Gasteiger partial charge in [-0.2, -0.15) is 0 Å². The van der Waals surface area contributed by atoms with Crippen molar-refractivity contribution < 1.29 is 28.2 Å². The summed E-state index contributed by atoms with van der Waals surface area (Å²) in [6.45, 7) is 1.83. The van der Waals surface area contributed by atoms with Crippen molar-refractivity contribution in [1.29, 1.82) is 0 Å². The highest BCUT2D eigenvalue weighted by atomic mass is 19.1. The van der Waals surface area contributed by atoms with Gasteiger partial charge in [0.05, 0.1) is 18.8 Å². The fourth-order valence-electron chi connectivity index (χ4n) is 4.52. The second-order valence-corrected chi connectivity index (χ2v) is 9.64. The third-order valence-electron chi connectivity index (χ3n) is 6.66. The standard InChI is InChI=1S/C29H28FN7O5/c1-18(38)31-15-23-16-37(29(40)42-23)22-12-13-24(25(30)14-22)20-8-10-21(11-9-20)26(27-33-34-35-36(27)2)32-28(39)41-17-19-6-4-3-5-7-19/h3-14,23,26H,15-17H2,1-2H3,(H,31,38)(H,32,39)/t23-,26?/m0/s1. The van der Waals surface area contributed by atoms with Crippen LogP contribution >= 0.6 is 0 Å². The molecule has 2 heterocycles. The molecule has 42 heavy (non-hydrogen) atoms. The van der Waals surface area contributed by atoms with Crippen LogP contribution in [0.5, 0.6) is 0 Å². The number of cyclic esters (lactones) is 1. The minimum Gasteiger partial charge on any atom is -0.445 e. The van der Waals surface area contributed by atoms with Gasteiger partial charge in [-0.3, -0.25) is 9.69 Å². The summed E-state index contributed by atoms with van der Waals surface area (Å²) in [5, 5.41) is 17.0. The average molecular weight is 574 g/mol. The Balaban J connectivity index is 1.30. The third kappa shape index (κ3) is 6.52. The molecule has 5 rings (SSSR count). The van der Waals surface area contributed by atoms with Crippen molar-refractivity contribution in [2.45, 2.75) is 25.7 Å². The van der Waals surface area contributed by atoms with E-state index in [1.807, 2.05) is 30.3 Å². The lowest BCUT2D eigenvalue weighted by Gasteiger charge is -2.18. The second-order valence-electron chi connectivity index (χ2n) is 9.64. The maximum atomic E-state index is 15.3. The number of halogens is 1. The molecule has 0 aliphatic carbocycles. The number of tetrazole rings is 1. The first-order valence-corrected chi connectivity index (χ1v) is 13.1. The highest BCUT2D eigenvalue weighted by Crippen LogP contribution is 2.30. The Morgan fingerprint density at radius 2 is 1.88 bits per heavy atom. The first-order valence-electron chi connectivity index (χ1n) is 13.1. The lowest BCUT2D eigenvalue weighted by molar-refractivity contribution is -0.119. The molecule has 3 aromatic carbocycles. The van der Waals surface area contributed by atoms with E-state index in [9.17, 15) is 14.4 Å². The quantitative estimate of drug-likeness (QED) is 0.310. The average Bonchev–Trinajstić information content (AvgIpc) is 3.59. The Morgan fingerprint density at radius 1 is 1.12 bits per heavy atom. The van der Waals surface area contributed by atoms with E-state index in [1.54, 1.807) is 43.4 Å². The molecule has 0 spiro atoms. The number of carbonyl (C=O) groups is 3.